The molecule has 0 aliphatic carbocycles. The summed E-state index contributed by atoms with van der Waals surface area (Å²) in [5.74, 6) is 1.92. The van der Waals surface area contributed by atoms with E-state index in [4.69, 9.17) is 14.9 Å². The molecular formula is C13H13N5O2. The number of hydrogen-bond acceptors (Lipinski definition) is 6. The summed E-state index contributed by atoms with van der Waals surface area (Å²) in [5.41, 5.74) is 6.35. The molecule has 3 aromatic rings. The predicted octanol–water partition coefficient (Wildman–Crippen LogP) is 1.59. The van der Waals surface area contributed by atoms with Crippen molar-refractivity contribution in [3.05, 3.63) is 42.7 Å². The maximum atomic E-state index is 5.68. The van der Waals surface area contributed by atoms with Crippen LogP contribution in [-0.4, -0.2) is 26.8 Å². The van der Waals surface area contributed by atoms with Gasteiger partial charge in [-0.3, -0.25) is 0 Å². The highest BCUT2D eigenvalue weighted by molar-refractivity contribution is 5.45. The molecule has 1 aromatic carbocycles. The summed E-state index contributed by atoms with van der Waals surface area (Å²) in [6.45, 7) is 0.944. The molecule has 2 heterocycles. The summed E-state index contributed by atoms with van der Waals surface area (Å²) in [6.07, 6.45) is 1.58. The molecule has 7 nitrogen and oxygen atoms in total. The topological polar surface area (TPSA) is 92.0 Å². The molecule has 0 aliphatic heterocycles. The molecule has 2 N–H and O–H groups in total. The standard InChI is InChI=1S/C13H13N5O2/c14-10-3-1-4-11(9-10)19-8-6-18-13(15-16-17-18)12-5-2-7-20-12/h1-5,7,9H,6,8,14H2. The number of nitrogens with two attached hydrogens (primary N) is 1. The third-order valence-corrected chi connectivity index (χ3v) is 2.70. The quantitative estimate of drug-likeness (QED) is 0.708. The van der Waals surface area contributed by atoms with Gasteiger partial charge < -0.3 is 14.9 Å². The minimum absolute atomic E-state index is 0.433. The van der Waals surface area contributed by atoms with Gasteiger partial charge in [-0.05, 0) is 34.7 Å². The molecule has 2 aromatic heterocycles. The Morgan fingerprint density at radius 3 is 3.00 bits per heavy atom. The molecule has 0 radical (unpaired) electrons. The van der Waals surface area contributed by atoms with Gasteiger partial charge in [0.2, 0.25) is 5.82 Å². The molecule has 0 spiro atoms. The number of tetrazole rings is 1. The van der Waals surface area contributed by atoms with E-state index in [2.05, 4.69) is 15.5 Å². The number of rotatable bonds is 5. The van der Waals surface area contributed by atoms with Crippen LogP contribution in [0.3, 0.4) is 0 Å². The Morgan fingerprint density at radius 1 is 1.25 bits per heavy atom. The minimum atomic E-state index is 0.433. The third kappa shape index (κ3) is 2.61. The number of furan rings is 1. The smallest absolute Gasteiger partial charge is 0.217 e. The zero-order valence-electron chi connectivity index (χ0n) is 10.6. The summed E-state index contributed by atoms with van der Waals surface area (Å²) in [6, 6.07) is 10.9. The van der Waals surface area contributed by atoms with Crippen LogP contribution in [-0.2, 0) is 6.54 Å². The zero-order valence-corrected chi connectivity index (χ0v) is 10.6. The van der Waals surface area contributed by atoms with Gasteiger partial charge in [0, 0.05) is 11.8 Å². The summed E-state index contributed by atoms with van der Waals surface area (Å²) >= 11 is 0. The van der Waals surface area contributed by atoms with Crippen molar-refractivity contribution < 1.29 is 9.15 Å². The van der Waals surface area contributed by atoms with E-state index < -0.39 is 0 Å². The van der Waals surface area contributed by atoms with Gasteiger partial charge >= 0.3 is 0 Å². The average molecular weight is 271 g/mol. The van der Waals surface area contributed by atoms with E-state index >= 15 is 0 Å². The van der Waals surface area contributed by atoms with Crippen molar-refractivity contribution in [2.24, 2.45) is 0 Å². The monoisotopic (exact) mass is 271 g/mol. The highest BCUT2D eigenvalue weighted by Crippen LogP contribution is 2.16. The van der Waals surface area contributed by atoms with Crippen molar-refractivity contribution in [3.8, 4) is 17.3 Å². The first-order valence-electron chi connectivity index (χ1n) is 6.11. The average Bonchev–Trinajstić information content (AvgIpc) is 3.09. The van der Waals surface area contributed by atoms with E-state index in [0.29, 0.717) is 30.4 Å². The van der Waals surface area contributed by atoms with E-state index in [9.17, 15) is 0 Å². The van der Waals surface area contributed by atoms with Crippen molar-refractivity contribution in [3.63, 3.8) is 0 Å². The number of hydrogen-bond donors (Lipinski definition) is 1. The zero-order chi connectivity index (χ0) is 13.8. The maximum Gasteiger partial charge on any atom is 0.217 e. The number of aromatic nitrogens is 4. The molecule has 3 rings (SSSR count). The Labute approximate surface area is 115 Å². The highest BCUT2D eigenvalue weighted by atomic mass is 16.5. The minimum Gasteiger partial charge on any atom is -0.492 e. The van der Waals surface area contributed by atoms with Crippen molar-refractivity contribution in [1.82, 2.24) is 20.2 Å². The molecule has 0 unspecified atom stereocenters. The van der Waals surface area contributed by atoms with Crippen LogP contribution in [0.15, 0.2) is 47.1 Å². The lowest BCUT2D eigenvalue weighted by Crippen LogP contribution is -2.11. The molecule has 0 fully saturated rings. The van der Waals surface area contributed by atoms with Crippen molar-refractivity contribution >= 4 is 5.69 Å². The Balaban J connectivity index is 1.64. The first-order valence-corrected chi connectivity index (χ1v) is 6.11. The molecule has 0 amide bonds. The van der Waals surface area contributed by atoms with E-state index in [1.165, 1.54) is 0 Å². The number of benzene rings is 1. The third-order valence-electron chi connectivity index (χ3n) is 2.70. The van der Waals surface area contributed by atoms with Crippen LogP contribution in [0.25, 0.3) is 11.6 Å². The van der Waals surface area contributed by atoms with E-state index in [1.54, 1.807) is 29.1 Å². The van der Waals surface area contributed by atoms with Crippen molar-refractivity contribution in [2.45, 2.75) is 6.54 Å². The van der Waals surface area contributed by atoms with Gasteiger partial charge in [0.25, 0.3) is 0 Å². The normalized spacial score (nSPS) is 10.6. The maximum absolute atomic E-state index is 5.68. The largest absolute Gasteiger partial charge is 0.492 e. The summed E-state index contributed by atoms with van der Waals surface area (Å²) in [5, 5.41) is 11.5. The molecular weight excluding hydrogens is 258 g/mol. The van der Waals surface area contributed by atoms with Crippen LogP contribution in [0.1, 0.15) is 0 Å². The number of anilines is 1. The first-order chi connectivity index (χ1) is 9.83. The molecule has 0 aliphatic rings. The lowest BCUT2D eigenvalue weighted by molar-refractivity contribution is 0.290. The second-order valence-corrected chi connectivity index (χ2v) is 4.12. The van der Waals surface area contributed by atoms with Crippen LogP contribution in [0.5, 0.6) is 5.75 Å². The summed E-state index contributed by atoms with van der Waals surface area (Å²) in [4.78, 5) is 0. The molecule has 0 saturated heterocycles. The fourth-order valence-corrected chi connectivity index (χ4v) is 1.79. The van der Waals surface area contributed by atoms with Gasteiger partial charge in [0.15, 0.2) is 5.76 Å². The van der Waals surface area contributed by atoms with Gasteiger partial charge in [-0.2, -0.15) is 0 Å². The van der Waals surface area contributed by atoms with Gasteiger partial charge in [-0.15, -0.1) is 5.10 Å². The van der Waals surface area contributed by atoms with E-state index in [0.717, 1.165) is 5.75 Å². The Bertz CT molecular complexity index is 678. The first kappa shape index (κ1) is 12.2. The van der Waals surface area contributed by atoms with Crippen LogP contribution >= 0.6 is 0 Å². The lowest BCUT2D eigenvalue weighted by atomic mass is 10.3. The SMILES string of the molecule is Nc1cccc(OCCn2nnnc2-c2ccco2)c1. The Morgan fingerprint density at radius 2 is 2.20 bits per heavy atom. The van der Waals surface area contributed by atoms with Crippen LogP contribution < -0.4 is 10.5 Å². The Kier molecular flexibility index (Phi) is 3.32. The fourth-order valence-electron chi connectivity index (χ4n) is 1.79. The molecule has 20 heavy (non-hydrogen) atoms. The van der Waals surface area contributed by atoms with E-state index in [-0.39, 0.29) is 0 Å². The predicted molar refractivity (Wildman–Crippen MR) is 71.9 cm³/mol. The van der Waals surface area contributed by atoms with Gasteiger partial charge in [0.1, 0.15) is 12.4 Å². The second-order valence-electron chi connectivity index (χ2n) is 4.12. The number of nitrogen functional groups attached to an aromatic ring is 1. The van der Waals surface area contributed by atoms with E-state index in [1.807, 2.05) is 18.2 Å². The number of nitrogens with zero attached hydrogens (tertiary/aromatic N) is 4. The van der Waals surface area contributed by atoms with Gasteiger partial charge in [0.05, 0.1) is 12.8 Å². The fraction of sp³-hybridized carbons (Fsp3) is 0.154. The van der Waals surface area contributed by atoms with Crippen LogP contribution in [0.4, 0.5) is 5.69 Å². The molecule has 7 heteroatoms. The van der Waals surface area contributed by atoms with Crippen molar-refractivity contribution in [2.75, 3.05) is 12.3 Å². The van der Waals surface area contributed by atoms with Gasteiger partial charge in [-0.25, -0.2) is 4.68 Å². The number of ether oxygens (including phenoxy) is 1. The van der Waals surface area contributed by atoms with Crippen LogP contribution in [0, 0.1) is 0 Å². The highest BCUT2D eigenvalue weighted by Gasteiger charge is 2.11. The van der Waals surface area contributed by atoms with Crippen LogP contribution in [0.2, 0.25) is 0 Å². The molecule has 0 saturated carbocycles. The molecule has 102 valence electrons. The second kappa shape index (κ2) is 5.43. The summed E-state index contributed by atoms with van der Waals surface area (Å²) < 4.78 is 12.5. The van der Waals surface area contributed by atoms with Crippen molar-refractivity contribution in [1.29, 1.82) is 0 Å². The lowest BCUT2D eigenvalue weighted by Gasteiger charge is -2.07. The Hall–Kier alpha value is -2.83. The van der Waals surface area contributed by atoms with Gasteiger partial charge in [-0.1, -0.05) is 6.07 Å². The molecule has 0 bridgehead atoms. The summed E-state index contributed by atoms with van der Waals surface area (Å²) in [7, 11) is 0. The molecule has 0 atom stereocenters.